The second-order valence-corrected chi connectivity index (χ2v) is 3.13. The van der Waals surface area contributed by atoms with Gasteiger partial charge in [0.25, 0.3) is 0 Å². The van der Waals surface area contributed by atoms with E-state index in [2.05, 4.69) is 13.8 Å². The van der Waals surface area contributed by atoms with Crippen LogP contribution >= 0.6 is 0 Å². The van der Waals surface area contributed by atoms with Crippen molar-refractivity contribution in [2.24, 2.45) is 11.7 Å². The van der Waals surface area contributed by atoms with E-state index in [1.54, 1.807) is 14.2 Å². The number of nitrogens with two attached hydrogens (primary N) is 1. The van der Waals surface area contributed by atoms with Crippen molar-refractivity contribution in [2.75, 3.05) is 14.2 Å². The Kier molecular flexibility index (Phi) is 5.46. The van der Waals surface area contributed by atoms with Crippen LogP contribution in [0.4, 0.5) is 0 Å². The van der Waals surface area contributed by atoms with Gasteiger partial charge < -0.3 is 15.2 Å². The van der Waals surface area contributed by atoms with Gasteiger partial charge in [0.15, 0.2) is 6.29 Å². The number of hydrogen-bond acceptors (Lipinski definition) is 3. The summed E-state index contributed by atoms with van der Waals surface area (Å²) < 4.78 is 10.0. The van der Waals surface area contributed by atoms with Crippen molar-refractivity contribution in [1.29, 1.82) is 0 Å². The lowest BCUT2D eigenvalue weighted by Crippen LogP contribution is -2.38. The minimum atomic E-state index is -0.266. The molecular weight excluding hydrogens is 142 g/mol. The Morgan fingerprint density at radius 2 is 1.64 bits per heavy atom. The third kappa shape index (κ3) is 4.35. The first-order chi connectivity index (χ1) is 5.11. The summed E-state index contributed by atoms with van der Waals surface area (Å²) in [5.41, 5.74) is 5.79. The van der Waals surface area contributed by atoms with Gasteiger partial charge in [0.2, 0.25) is 0 Å². The average Bonchev–Trinajstić information content (AvgIpc) is 1.88. The summed E-state index contributed by atoms with van der Waals surface area (Å²) in [5, 5.41) is 0. The van der Waals surface area contributed by atoms with Crippen LogP contribution in [-0.2, 0) is 9.47 Å². The second kappa shape index (κ2) is 5.52. The molecule has 0 aromatic rings. The molecule has 0 aliphatic heterocycles. The lowest BCUT2D eigenvalue weighted by Gasteiger charge is -2.22. The molecule has 3 heteroatoms. The van der Waals surface area contributed by atoms with Crippen molar-refractivity contribution in [3.8, 4) is 0 Å². The molecule has 3 nitrogen and oxygen atoms in total. The van der Waals surface area contributed by atoms with Crippen LogP contribution in [0.3, 0.4) is 0 Å². The maximum Gasteiger partial charge on any atom is 0.171 e. The molecule has 0 radical (unpaired) electrons. The van der Waals surface area contributed by atoms with Crippen molar-refractivity contribution in [3.05, 3.63) is 0 Å². The van der Waals surface area contributed by atoms with Crippen molar-refractivity contribution in [3.63, 3.8) is 0 Å². The fourth-order valence-electron chi connectivity index (χ4n) is 1.10. The van der Waals surface area contributed by atoms with E-state index in [0.29, 0.717) is 5.92 Å². The van der Waals surface area contributed by atoms with Crippen LogP contribution in [0.25, 0.3) is 0 Å². The molecule has 0 bridgehead atoms. The lowest BCUT2D eigenvalue weighted by molar-refractivity contribution is -0.118. The molecule has 0 fully saturated rings. The normalized spacial score (nSPS) is 14.5. The fraction of sp³-hybridized carbons (Fsp3) is 1.00. The first-order valence-electron chi connectivity index (χ1n) is 3.93. The minimum Gasteiger partial charge on any atom is -0.354 e. The zero-order valence-corrected chi connectivity index (χ0v) is 7.83. The third-order valence-electron chi connectivity index (χ3n) is 1.56. The molecule has 68 valence electrons. The quantitative estimate of drug-likeness (QED) is 0.611. The van der Waals surface area contributed by atoms with Gasteiger partial charge in [-0.3, -0.25) is 0 Å². The zero-order valence-electron chi connectivity index (χ0n) is 7.83. The van der Waals surface area contributed by atoms with E-state index < -0.39 is 0 Å². The first-order valence-corrected chi connectivity index (χ1v) is 3.93. The number of methoxy groups -OCH3 is 2. The highest BCUT2D eigenvalue weighted by molar-refractivity contribution is 4.66. The van der Waals surface area contributed by atoms with Gasteiger partial charge in [0, 0.05) is 14.2 Å². The van der Waals surface area contributed by atoms with Gasteiger partial charge in [-0.25, -0.2) is 0 Å². The Bertz CT molecular complexity index is 92.1. The molecular formula is C8H19NO2. The average molecular weight is 161 g/mol. The van der Waals surface area contributed by atoms with E-state index in [1.165, 1.54) is 0 Å². The third-order valence-corrected chi connectivity index (χ3v) is 1.56. The van der Waals surface area contributed by atoms with Gasteiger partial charge in [-0.05, 0) is 12.3 Å². The van der Waals surface area contributed by atoms with Crippen LogP contribution in [0.5, 0.6) is 0 Å². The lowest BCUT2D eigenvalue weighted by atomic mass is 10.0. The van der Waals surface area contributed by atoms with Crippen LogP contribution in [-0.4, -0.2) is 26.6 Å². The maximum absolute atomic E-state index is 5.79. The van der Waals surface area contributed by atoms with Gasteiger partial charge in [0.1, 0.15) is 0 Å². The number of hydrogen-bond donors (Lipinski definition) is 1. The van der Waals surface area contributed by atoms with Crippen LogP contribution < -0.4 is 5.73 Å². The van der Waals surface area contributed by atoms with E-state index in [1.807, 2.05) is 0 Å². The predicted molar refractivity (Wildman–Crippen MR) is 45.2 cm³/mol. The largest absolute Gasteiger partial charge is 0.354 e. The van der Waals surface area contributed by atoms with E-state index >= 15 is 0 Å². The van der Waals surface area contributed by atoms with Crippen LogP contribution in [0.2, 0.25) is 0 Å². The maximum atomic E-state index is 5.79. The zero-order chi connectivity index (χ0) is 8.85. The van der Waals surface area contributed by atoms with E-state index in [9.17, 15) is 0 Å². The smallest absolute Gasteiger partial charge is 0.171 e. The van der Waals surface area contributed by atoms with Crippen molar-refractivity contribution in [2.45, 2.75) is 32.6 Å². The molecule has 0 heterocycles. The topological polar surface area (TPSA) is 44.5 Å². The monoisotopic (exact) mass is 161 g/mol. The van der Waals surface area contributed by atoms with Gasteiger partial charge >= 0.3 is 0 Å². The minimum absolute atomic E-state index is 0.0231. The van der Waals surface area contributed by atoms with E-state index in [4.69, 9.17) is 15.2 Å². The van der Waals surface area contributed by atoms with Crippen molar-refractivity contribution < 1.29 is 9.47 Å². The van der Waals surface area contributed by atoms with Crippen molar-refractivity contribution >= 4 is 0 Å². The van der Waals surface area contributed by atoms with Crippen LogP contribution in [0.1, 0.15) is 20.3 Å². The molecule has 0 saturated heterocycles. The summed E-state index contributed by atoms with van der Waals surface area (Å²) in [4.78, 5) is 0. The van der Waals surface area contributed by atoms with Gasteiger partial charge in [-0.2, -0.15) is 0 Å². The summed E-state index contributed by atoms with van der Waals surface area (Å²) in [6.07, 6.45) is 0.657. The molecule has 0 amide bonds. The molecule has 0 spiro atoms. The fourth-order valence-corrected chi connectivity index (χ4v) is 1.10. The molecule has 0 aromatic heterocycles. The number of rotatable bonds is 5. The Hall–Kier alpha value is -0.120. The Morgan fingerprint density at radius 1 is 1.18 bits per heavy atom. The second-order valence-electron chi connectivity index (χ2n) is 3.13. The molecule has 2 N–H and O–H groups in total. The molecule has 1 atom stereocenters. The van der Waals surface area contributed by atoms with Gasteiger partial charge in [-0.1, -0.05) is 13.8 Å². The summed E-state index contributed by atoms with van der Waals surface area (Å²) in [7, 11) is 3.21. The molecule has 0 saturated carbocycles. The molecule has 11 heavy (non-hydrogen) atoms. The molecule has 0 aliphatic rings. The van der Waals surface area contributed by atoms with E-state index in [0.717, 1.165) is 6.42 Å². The standard InChI is InChI=1S/C8H19NO2/c1-6(2)5-7(9)8(10-3)11-4/h6-8H,5,9H2,1-4H3. The van der Waals surface area contributed by atoms with Crippen LogP contribution in [0, 0.1) is 5.92 Å². The Balaban J connectivity index is 3.68. The van der Waals surface area contributed by atoms with Crippen molar-refractivity contribution in [1.82, 2.24) is 0 Å². The summed E-state index contributed by atoms with van der Waals surface area (Å²) in [6.45, 7) is 4.25. The summed E-state index contributed by atoms with van der Waals surface area (Å²) in [5.74, 6) is 0.581. The Morgan fingerprint density at radius 3 is 1.91 bits per heavy atom. The highest BCUT2D eigenvalue weighted by Crippen LogP contribution is 2.08. The SMILES string of the molecule is COC(OC)C(N)CC(C)C. The Labute approximate surface area is 68.9 Å². The summed E-state index contributed by atoms with van der Waals surface area (Å²) in [6, 6.07) is -0.0231. The van der Waals surface area contributed by atoms with Crippen LogP contribution in [0.15, 0.2) is 0 Å². The molecule has 0 rings (SSSR count). The van der Waals surface area contributed by atoms with Gasteiger partial charge in [0.05, 0.1) is 6.04 Å². The molecule has 0 aliphatic carbocycles. The molecule has 0 aromatic carbocycles. The highest BCUT2D eigenvalue weighted by Gasteiger charge is 2.16. The first kappa shape index (κ1) is 10.9. The highest BCUT2D eigenvalue weighted by atomic mass is 16.7. The molecule has 1 unspecified atom stereocenters. The predicted octanol–water partition coefficient (Wildman–Crippen LogP) is 0.979. The number of ether oxygens (including phenoxy) is 2. The van der Waals surface area contributed by atoms with E-state index in [-0.39, 0.29) is 12.3 Å². The summed E-state index contributed by atoms with van der Waals surface area (Å²) >= 11 is 0. The van der Waals surface area contributed by atoms with Gasteiger partial charge in [-0.15, -0.1) is 0 Å².